The lowest BCUT2D eigenvalue weighted by molar-refractivity contribution is 0.0383. The van der Waals surface area contributed by atoms with Crippen LogP contribution in [0.4, 0.5) is 11.4 Å². The number of carbonyl (C=O) groups excluding carboxylic acids is 1. The van der Waals surface area contributed by atoms with Crippen LogP contribution in [0.5, 0.6) is 0 Å². The van der Waals surface area contributed by atoms with Crippen molar-refractivity contribution in [2.45, 2.75) is 19.4 Å². The van der Waals surface area contributed by atoms with Gasteiger partial charge in [-0.2, -0.15) is 0 Å². The number of aromatic nitrogens is 1. The fourth-order valence-corrected chi connectivity index (χ4v) is 3.86. The molecule has 1 fully saturated rings. The molecule has 1 unspecified atom stereocenters. The highest BCUT2D eigenvalue weighted by Crippen LogP contribution is 2.37. The number of nitrogens with one attached hydrogen (secondary N) is 1. The molecule has 0 radical (unpaired) electrons. The van der Waals surface area contributed by atoms with E-state index in [1.54, 1.807) is 6.20 Å². The van der Waals surface area contributed by atoms with Crippen molar-refractivity contribution in [3.05, 3.63) is 53.9 Å². The number of para-hydroxylation sites is 1. The first-order chi connectivity index (χ1) is 13.2. The number of morpholine rings is 1. The molecule has 1 aromatic carbocycles. The fourth-order valence-electron chi connectivity index (χ4n) is 3.86. The second-order valence-electron chi connectivity index (χ2n) is 7.16. The lowest BCUT2D eigenvalue weighted by Gasteiger charge is -2.26. The van der Waals surface area contributed by atoms with E-state index in [0.29, 0.717) is 18.3 Å². The van der Waals surface area contributed by atoms with Gasteiger partial charge in [0.2, 0.25) is 0 Å². The maximum atomic E-state index is 12.4. The zero-order valence-electron chi connectivity index (χ0n) is 15.7. The molecule has 3 heterocycles. The number of fused-ring (bicyclic) bond motifs is 1. The summed E-state index contributed by atoms with van der Waals surface area (Å²) in [5, 5.41) is 2.96. The van der Waals surface area contributed by atoms with E-state index in [1.807, 2.05) is 12.1 Å². The Labute approximate surface area is 160 Å². The monoisotopic (exact) mass is 366 g/mol. The van der Waals surface area contributed by atoms with Crippen LogP contribution < -0.4 is 10.2 Å². The molecule has 1 aromatic heterocycles. The van der Waals surface area contributed by atoms with Crippen LogP contribution in [0.15, 0.2) is 42.6 Å². The van der Waals surface area contributed by atoms with Crippen molar-refractivity contribution in [1.29, 1.82) is 0 Å². The highest BCUT2D eigenvalue weighted by molar-refractivity contribution is 5.92. The van der Waals surface area contributed by atoms with Crippen molar-refractivity contribution >= 4 is 17.3 Å². The van der Waals surface area contributed by atoms with Gasteiger partial charge in [-0.1, -0.05) is 18.2 Å². The second-order valence-corrected chi connectivity index (χ2v) is 7.16. The van der Waals surface area contributed by atoms with Gasteiger partial charge < -0.3 is 15.0 Å². The third kappa shape index (κ3) is 3.96. The molecule has 27 heavy (non-hydrogen) atoms. The quantitative estimate of drug-likeness (QED) is 0.879. The summed E-state index contributed by atoms with van der Waals surface area (Å²) in [6, 6.07) is 12.7. The molecular formula is C21H26N4O2. The standard InChI is InChI=1S/C21H26N4O2/c1-16-14-17-4-2-3-5-20(17)25(16)18-6-7-19(23-15-18)21(26)22-8-9-24-10-12-27-13-11-24/h2-7,15-16H,8-14H2,1H3,(H,22,26). The van der Waals surface area contributed by atoms with Gasteiger partial charge in [-0.25, -0.2) is 4.98 Å². The maximum absolute atomic E-state index is 12.4. The molecule has 1 atom stereocenters. The highest BCUT2D eigenvalue weighted by Gasteiger charge is 2.27. The molecule has 1 amide bonds. The first-order valence-corrected chi connectivity index (χ1v) is 9.64. The molecule has 2 aliphatic rings. The van der Waals surface area contributed by atoms with Gasteiger partial charge in [0.15, 0.2) is 0 Å². The number of pyridine rings is 1. The third-order valence-electron chi connectivity index (χ3n) is 5.28. The van der Waals surface area contributed by atoms with Crippen LogP contribution in [0, 0.1) is 0 Å². The van der Waals surface area contributed by atoms with E-state index >= 15 is 0 Å². The summed E-state index contributed by atoms with van der Waals surface area (Å²) in [6.07, 6.45) is 2.83. The normalized spacial score (nSPS) is 19.7. The number of rotatable bonds is 5. The Morgan fingerprint density at radius 1 is 1.22 bits per heavy atom. The predicted octanol–water partition coefficient (Wildman–Crippen LogP) is 2.23. The van der Waals surface area contributed by atoms with E-state index in [2.05, 4.69) is 51.3 Å². The van der Waals surface area contributed by atoms with Crippen molar-refractivity contribution in [2.24, 2.45) is 0 Å². The van der Waals surface area contributed by atoms with Crippen LogP contribution in [0.2, 0.25) is 0 Å². The Hall–Kier alpha value is -2.44. The van der Waals surface area contributed by atoms with E-state index in [0.717, 1.165) is 45.0 Å². The van der Waals surface area contributed by atoms with Crippen LogP contribution in [0.25, 0.3) is 0 Å². The average Bonchev–Trinajstić information content (AvgIpc) is 3.04. The van der Waals surface area contributed by atoms with E-state index < -0.39 is 0 Å². The molecule has 4 rings (SSSR count). The molecule has 1 saturated heterocycles. The summed E-state index contributed by atoms with van der Waals surface area (Å²) in [5.41, 5.74) is 4.07. The number of ether oxygens (including phenoxy) is 1. The number of hydrogen-bond acceptors (Lipinski definition) is 5. The van der Waals surface area contributed by atoms with Crippen LogP contribution in [-0.2, 0) is 11.2 Å². The van der Waals surface area contributed by atoms with Crippen molar-refractivity contribution in [1.82, 2.24) is 15.2 Å². The Balaban J connectivity index is 1.36. The van der Waals surface area contributed by atoms with Crippen LogP contribution in [0.1, 0.15) is 23.0 Å². The van der Waals surface area contributed by atoms with Crippen LogP contribution in [0.3, 0.4) is 0 Å². The molecule has 0 spiro atoms. The molecule has 2 aromatic rings. The van der Waals surface area contributed by atoms with Gasteiger partial charge in [0.05, 0.1) is 25.1 Å². The summed E-state index contributed by atoms with van der Waals surface area (Å²) in [4.78, 5) is 21.4. The summed E-state index contributed by atoms with van der Waals surface area (Å²) >= 11 is 0. The number of anilines is 2. The Morgan fingerprint density at radius 2 is 2.04 bits per heavy atom. The minimum atomic E-state index is -0.121. The predicted molar refractivity (Wildman–Crippen MR) is 106 cm³/mol. The topological polar surface area (TPSA) is 57.7 Å². The molecule has 142 valence electrons. The smallest absolute Gasteiger partial charge is 0.269 e. The largest absolute Gasteiger partial charge is 0.379 e. The first kappa shape index (κ1) is 17.9. The van der Waals surface area contributed by atoms with Gasteiger partial charge in [0.1, 0.15) is 5.69 Å². The van der Waals surface area contributed by atoms with Crippen molar-refractivity contribution in [3.63, 3.8) is 0 Å². The SMILES string of the molecule is CC1Cc2ccccc2N1c1ccc(C(=O)NCCN2CCOCC2)nc1. The van der Waals surface area contributed by atoms with Crippen LogP contribution >= 0.6 is 0 Å². The summed E-state index contributed by atoms with van der Waals surface area (Å²) in [5.74, 6) is -0.121. The second kappa shape index (κ2) is 8.06. The van der Waals surface area contributed by atoms with Gasteiger partial charge >= 0.3 is 0 Å². The number of carbonyl (C=O) groups is 1. The number of hydrogen-bond donors (Lipinski definition) is 1. The molecule has 0 saturated carbocycles. The molecular weight excluding hydrogens is 340 g/mol. The van der Waals surface area contributed by atoms with E-state index in [1.165, 1.54) is 11.3 Å². The molecule has 0 bridgehead atoms. The maximum Gasteiger partial charge on any atom is 0.269 e. The van der Waals surface area contributed by atoms with Crippen molar-refractivity contribution in [3.8, 4) is 0 Å². The zero-order valence-corrected chi connectivity index (χ0v) is 15.7. The minimum absolute atomic E-state index is 0.121. The minimum Gasteiger partial charge on any atom is -0.379 e. The Morgan fingerprint density at radius 3 is 2.81 bits per heavy atom. The van der Waals surface area contributed by atoms with Gasteiger partial charge in [-0.3, -0.25) is 9.69 Å². The van der Waals surface area contributed by atoms with Crippen molar-refractivity contribution in [2.75, 3.05) is 44.3 Å². The van der Waals surface area contributed by atoms with E-state index in [9.17, 15) is 4.79 Å². The molecule has 6 heteroatoms. The molecule has 1 N–H and O–H groups in total. The van der Waals surface area contributed by atoms with E-state index in [-0.39, 0.29) is 5.91 Å². The zero-order chi connectivity index (χ0) is 18.6. The summed E-state index contributed by atoms with van der Waals surface area (Å²) in [6.45, 7) is 7.08. The number of amides is 1. The fraction of sp³-hybridized carbons (Fsp3) is 0.429. The average molecular weight is 366 g/mol. The lowest BCUT2D eigenvalue weighted by atomic mass is 10.1. The summed E-state index contributed by atoms with van der Waals surface area (Å²) < 4.78 is 5.34. The van der Waals surface area contributed by atoms with E-state index in [4.69, 9.17) is 4.74 Å². The van der Waals surface area contributed by atoms with Crippen molar-refractivity contribution < 1.29 is 9.53 Å². The third-order valence-corrected chi connectivity index (χ3v) is 5.28. The van der Waals surface area contributed by atoms with Gasteiger partial charge in [-0.05, 0) is 37.1 Å². The summed E-state index contributed by atoms with van der Waals surface area (Å²) in [7, 11) is 0. The molecule has 0 aliphatic carbocycles. The first-order valence-electron chi connectivity index (χ1n) is 9.64. The van der Waals surface area contributed by atoms with Gasteiger partial charge in [-0.15, -0.1) is 0 Å². The Bertz CT molecular complexity index is 787. The Kier molecular flexibility index (Phi) is 5.36. The van der Waals surface area contributed by atoms with Crippen LogP contribution in [-0.4, -0.2) is 61.2 Å². The number of benzene rings is 1. The molecule has 6 nitrogen and oxygen atoms in total. The van der Waals surface area contributed by atoms with Gasteiger partial charge in [0.25, 0.3) is 5.91 Å². The lowest BCUT2D eigenvalue weighted by Crippen LogP contribution is -2.41. The highest BCUT2D eigenvalue weighted by atomic mass is 16.5. The molecule has 2 aliphatic heterocycles. The van der Waals surface area contributed by atoms with Gasteiger partial charge in [0, 0.05) is 37.9 Å². The number of nitrogens with zero attached hydrogens (tertiary/aromatic N) is 3.